The van der Waals surface area contributed by atoms with Crippen LogP contribution in [0.5, 0.6) is 0 Å². The van der Waals surface area contributed by atoms with Crippen molar-refractivity contribution >= 4 is 6.29 Å². The monoisotopic (exact) mass is 254 g/mol. The molecule has 1 heterocycles. The minimum atomic E-state index is -0.596. The molecule has 0 bridgehead atoms. The van der Waals surface area contributed by atoms with E-state index in [0.717, 1.165) is 32.0 Å². The van der Waals surface area contributed by atoms with Gasteiger partial charge >= 0.3 is 0 Å². The highest BCUT2D eigenvalue weighted by atomic mass is 16.7. The van der Waals surface area contributed by atoms with Gasteiger partial charge < -0.3 is 14.6 Å². The molecule has 18 heavy (non-hydrogen) atoms. The van der Waals surface area contributed by atoms with Gasteiger partial charge in [-0.05, 0) is 31.8 Å². The highest BCUT2D eigenvalue weighted by molar-refractivity contribution is 5.71. The Kier molecular flexibility index (Phi) is 4.54. The van der Waals surface area contributed by atoms with Crippen LogP contribution in [0.1, 0.15) is 45.4 Å². The summed E-state index contributed by atoms with van der Waals surface area (Å²) < 4.78 is 11.7. The molecule has 1 saturated heterocycles. The van der Waals surface area contributed by atoms with Gasteiger partial charge in [0.1, 0.15) is 12.4 Å². The Morgan fingerprint density at radius 1 is 1.44 bits per heavy atom. The molecule has 2 atom stereocenters. The molecule has 1 N–H and O–H groups in total. The van der Waals surface area contributed by atoms with Crippen molar-refractivity contribution in [1.82, 2.24) is 0 Å². The van der Waals surface area contributed by atoms with Gasteiger partial charge in [-0.3, -0.25) is 4.79 Å². The fraction of sp³-hybridized carbons (Fsp3) is 0.786. The molecule has 0 aromatic rings. The van der Waals surface area contributed by atoms with Gasteiger partial charge in [-0.2, -0.15) is 0 Å². The summed E-state index contributed by atoms with van der Waals surface area (Å²) in [7, 11) is 0. The molecule has 0 unspecified atom stereocenters. The molecular weight excluding hydrogens is 232 g/mol. The van der Waals surface area contributed by atoms with Gasteiger partial charge in [0.2, 0.25) is 0 Å². The quantitative estimate of drug-likeness (QED) is 0.615. The van der Waals surface area contributed by atoms with Gasteiger partial charge in [-0.1, -0.05) is 12.5 Å². The van der Waals surface area contributed by atoms with Crippen LogP contribution in [-0.2, 0) is 14.3 Å². The molecule has 2 rings (SSSR count). The lowest BCUT2D eigenvalue weighted by atomic mass is 9.94. The predicted molar refractivity (Wildman–Crippen MR) is 67.1 cm³/mol. The third-order valence-electron chi connectivity index (χ3n) is 3.79. The molecule has 4 nitrogen and oxygen atoms in total. The summed E-state index contributed by atoms with van der Waals surface area (Å²) >= 11 is 0. The van der Waals surface area contributed by atoms with E-state index >= 15 is 0 Å². The molecule has 2 aliphatic rings. The van der Waals surface area contributed by atoms with Crippen LogP contribution in [-0.4, -0.2) is 36.0 Å². The van der Waals surface area contributed by atoms with E-state index in [-0.39, 0.29) is 6.10 Å². The largest absolute Gasteiger partial charge is 0.390 e. The van der Waals surface area contributed by atoms with Gasteiger partial charge in [0.15, 0.2) is 5.79 Å². The standard InChI is InChI=1S/C14H22O4/c1-11(9-15)5-6-12(16)13-10-17-14(18-13)7-3-2-4-8-14/h5,9,12-13,16H,2-4,6-8,10H2,1H3/b11-5+/t12-,13+/m0/s1. The fourth-order valence-electron chi connectivity index (χ4n) is 2.63. The molecule has 4 heteroatoms. The number of carbonyl (C=O) groups excluding carboxylic acids is 1. The average molecular weight is 254 g/mol. The van der Waals surface area contributed by atoms with Crippen LogP contribution in [0.2, 0.25) is 0 Å². The number of rotatable bonds is 4. The third kappa shape index (κ3) is 3.19. The van der Waals surface area contributed by atoms with Crippen molar-refractivity contribution < 1.29 is 19.4 Å². The second kappa shape index (κ2) is 5.95. The number of ether oxygens (including phenoxy) is 2. The van der Waals surface area contributed by atoms with E-state index in [0.29, 0.717) is 18.6 Å². The van der Waals surface area contributed by atoms with Crippen LogP contribution in [0.25, 0.3) is 0 Å². The van der Waals surface area contributed by atoms with Gasteiger partial charge in [-0.15, -0.1) is 0 Å². The summed E-state index contributed by atoms with van der Waals surface area (Å²) in [6.07, 6.45) is 7.48. The highest BCUT2D eigenvalue weighted by Crippen LogP contribution is 2.38. The van der Waals surface area contributed by atoms with Crippen molar-refractivity contribution in [3.05, 3.63) is 11.6 Å². The zero-order valence-electron chi connectivity index (χ0n) is 10.9. The van der Waals surface area contributed by atoms with E-state index in [1.807, 2.05) is 0 Å². The van der Waals surface area contributed by atoms with E-state index in [2.05, 4.69) is 0 Å². The fourth-order valence-corrected chi connectivity index (χ4v) is 2.63. The van der Waals surface area contributed by atoms with Crippen LogP contribution in [0.3, 0.4) is 0 Å². The van der Waals surface area contributed by atoms with Gasteiger partial charge in [-0.25, -0.2) is 0 Å². The van der Waals surface area contributed by atoms with Crippen molar-refractivity contribution in [2.75, 3.05) is 6.61 Å². The minimum Gasteiger partial charge on any atom is -0.390 e. The lowest BCUT2D eigenvalue weighted by molar-refractivity contribution is -0.195. The van der Waals surface area contributed by atoms with E-state index in [1.54, 1.807) is 13.0 Å². The van der Waals surface area contributed by atoms with Crippen LogP contribution in [0.4, 0.5) is 0 Å². The first-order valence-corrected chi connectivity index (χ1v) is 6.77. The maximum atomic E-state index is 10.5. The summed E-state index contributed by atoms with van der Waals surface area (Å²) in [6, 6.07) is 0. The number of hydrogen-bond acceptors (Lipinski definition) is 4. The Labute approximate surface area is 108 Å². The Hall–Kier alpha value is -0.710. The molecule has 0 amide bonds. The summed E-state index contributed by atoms with van der Waals surface area (Å²) in [6.45, 7) is 2.18. The second-order valence-corrected chi connectivity index (χ2v) is 5.31. The first kappa shape index (κ1) is 13.7. The number of aldehydes is 1. The van der Waals surface area contributed by atoms with Crippen molar-refractivity contribution in [3.8, 4) is 0 Å². The van der Waals surface area contributed by atoms with Crippen molar-refractivity contribution in [1.29, 1.82) is 0 Å². The minimum absolute atomic E-state index is 0.265. The van der Waals surface area contributed by atoms with Crippen molar-refractivity contribution in [2.24, 2.45) is 0 Å². The van der Waals surface area contributed by atoms with E-state index in [9.17, 15) is 9.90 Å². The van der Waals surface area contributed by atoms with Crippen LogP contribution in [0.15, 0.2) is 11.6 Å². The first-order valence-electron chi connectivity index (χ1n) is 6.77. The van der Waals surface area contributed by atoms with Gasteiger partial charge in [0.25, 0.3) is 0 Å². The second-order valence-electron chi connectivity index (χ2n) is 5.31. The van der Waals surface area contributed by atoms with E-state index in [4.69, 9.17) is 9.47 Å². The number of carbonyl (C=O) groups is 1. The molecule has 1 aliphatic heterocycles. The van der Waals surface area contributed by atoms with E-state index in [1.165, 1.54) is 6.42 Å². The smallest absolute Gasteiger partial charge is 0.169 e. The molecule has 2 fully saturated rings. The van der Waals surface area contributed by atoms with Crippen LogP contribution in [0, 0.1) is 0 Å². The highest BCUT2D eigenvalue weighted by Gasteiger charge is 2.44. The Morgan fingerprint density at radius 3 is 2.83 bits per heavy atom. The Balaban J connectivity index is 1.86. The maximum absolute atomic E-state index is 10.5. The summed E-state index contributed by atoms with van der Waals surface area (Å²) in [5, 5.41) is 10.0. The molecule has 0 aromatic heterocycles. The van der Waals surface area contributed by atoms with Gasteiger partial charge in [0, 0.05) is 12.8 Å². The first-order chi connectivity index (χ1) is 8.65. The van der Waals surface area contributed by atoms with E-state index < -0.39 is 11.9 Å². The number of aliphatic hydroxyl groups is 1. The number of allylic oxidation sites excluding steroid dienone is 1. The zero-order chi connectivity index (χ0) is 13.0. The zero-order valence-corrected chi connectivity index (χ0v) is 10.9. The average Bonchev–Trinajstić information content (AvgIpc) is 2.80. The maximum Gasteiger partial charge on any atom is 0.169 e. The molecule has 102 valence electrons. The lowest BCUT2D eigenvalue weighted by Crippen LogP contribution is -2.35. The van der Waals surface area contributed by atoms with Crippen LogP contribution < -0.4 is 0 Å². The number of hydrogen-bond donors (Lipinski definition) is 1. The summed E-state index contributed by atoms with van der Waals surface area (Å²) in [4.78, 5) is 10.5. The molecule has 1 saturated carbocycles. The lowest BCUT2D eigenvalue weighted by Gasteiger charge is -2.32. The SMILES string of the molecule is C/C(C=O)=C\C[C@H](O)[C@H]1COC2(CCCCC2)O1. The summed E-state index contributed by atoms with van der Waals surface area (Å²) in [5.74, 6) is -0.437. The molecular formula is C14H22O4. The molecule has 1 aliphatic carbocycles. The molecule has 1 spiro atoms. The van der Waals surface area contributed by atoms with Crippen molar-refractivity contribution in [3.63, 3.8) is 0 Å². The topological polar surface area (TPSA) is 55.8 Å². The predicted octanol–water partition coefficient (Wildman–Crippen LogP) is 1.96. The molecule has 0 radical (unpaired) electrons. The Morgan fingerprint density at radius 2 is 2.17 bits per heavy atom. The third-order valence-corrected chi connectivity index (χ3v) is 3.79. The summed E-state index contributed by atoms with van der Waals surface area (Å²) in [5.41, 5.74) is 0.639. The normalized spacial score (nSPS) is 29.4. The Bertz CT molecular complexity index is 318. The number of aliphatic hydroxyl groups excluding tert-OH is 1. The molecule has 0 aromatic carbocycles. The van der Waals surface area contributed by atoms with Crippen LogP contribution >= 0.6 is 0 Å². The van der Waals surface area contributed by atoms with Crippen molar-refractivity contribution in [2.45, 2.75) is 63.4 Å². The van der Waals surface area contributed by atoms with Gasteiger partial charge in [0.05, 0.1) is 12.7 Å².